The van der Waals surface area contributed by atoms with Gasteiger partial charge in [-0.25, -0.2) is 13.1 Å². The third kappa shape index (κ3) is 2.66. The predicted octanol–water partition coefficient (Wildman–Crippen LogP) is -0.326. The van der Waals surface area contributed by atoms with Gasteiger partial charge in [0, 0.05) is 6.26 Å². The first-order chi connectivity index (χ1) is 8.07. The van der Waals surface area contributed by atoms with E-state index in [9.17, 15) is 13.2 Å². The minimum atomic E-state index is -3.41. The Bertz CT molecular complexity index is 549. The van der Waals surface area contributed by atoms with Crippen LogP contribution in [0.2, 0.25) is 0 Å². The van der Waals surface area contributed by atoms with Crippen LogP contribution in [0, 0.1) is 5.92 Å². The summed E-state index contributed by atoms with van der Waals surface area (Å²) in [5.74, 6) is -1.56. The normalized spacial score (nSPS) is 14.4. The van der Waals surface area contributed by atoms with Gasteiger partial charge in [0.2, 0.25) is 0 Å². The summed E-state index contributed by atoms with van der Waals surface area (Å²) in [6, 6.07) is 0. The van der Waals surface area contributed by atoms with E-state index in [2.05, 4.69) is 15.5 Å². The zero-order chi connectivity index (χ0) is 14.1. The number of tetrazole rings is 1. The number of nitrogens with zero attached hydrogens (tertiary/aromatic N) is 4. The van der Waals surface area contributed by atoms with Gasteiger partial charge in [0.1, 0.15) is 4.75 Å². The molecule has 0 spiro atoms. The Hall–Kier alpha value is -1.51. The summed E-state index contributed by atoms with van der Waals surface area (Å²) in [4.78, 5) is 10.8. The van der Waals surface area contributed by atoms with Crippen molar-refractivity contribution in [1.82, 2.24) is 20.2 Å². The zero-order valence-corrected chi connectivity index (χ0v) is 11.5. The van der Waals surface area contributed by atoms with Gasteiger partial charge >= 0.3 is 5.97 Å². The molecule has 1 aromatic rings. The maximum absolute atomic E-state index is 11.7. The average Bonchev–Trinajstić information content (AvgIpc) is 2.64. The lowest BCUT2D eigenvalue weighted by atomic mass is 10.1. The molecule has 0 radical (unpaired) electrons. The molecular formula is C9H16N4O4S. The highest BCUT2D eigenvalue weighted by Gasteiger charge is 2.38. The topological polar surface area (TPSA) is 115 Å². The van der Waals surface area contributed by atoms with Gasteiger partial charge in [-0.2, -0.15) is 0 Å². The van der Waals surface area contributed by atoms with Crippen molar-refractivity contribution in [3.8, 4) is 0 Å². The summed E-state index contributed by atoms with van der Waals surface area (Å²) < 4.78 is 23.3. The summed E-state index contributed by atoms with van der Waals surface area (Å²) in [5, 5.41) is 19.6. The molecule has 18 heavy (non-hydrogen) atoms. The van der Waals surface area contributed by atoms with Crippen LogP contribution in [0.1, 0.15) is 26.6 Å². The Morgan fingerprint density at radius 1 is 1.50 bits per heavy atom. The molecule has 0 aromatic carbocycles. The number of carbonyl (C=O) groups is 1. The molecule has 0 saturated heterocycles. The van der Waals surface area contributed by atoms with E-state index in [4.69, 9.17) is 5.11 Å². The second-order valence-corrected chi connectivity index (χ2v) is 7.27. The molecule has 0 amide bonds. The fraction of sp³-hybridized carbons (Fsp3) is 0.778. The van der Waals surface area contributed by atoms with Crippen LogP contribution in [0.25, 0.3) is 0 Å². The first-order valence-corrected chi connectivity index (χ1v) is 7.15. The van der Waals surface area contributed by atoms with E-state index in [1.807, 2.05) is 0 Å². The Labute approximate surface area is 105 Å². The summed E-state index contributed by atoms with van der Waals surface area (Å²) in [7, 11) is -3.41. The third-order valence-corrected chi connectivity index (χ3v) is 4.90. The van der Waals surface area contributed by atoms with Gasteiger partial charge in [-0.3, -0.25) is 4.79 Å². The van der Waals surface area contributed by atoms with E-state index >= 15 is 0 Å². The number of aromatic nitrogens is 4. The molecule has 9 heteroatoms. The largest absolute Gasteiger partial charge is 0.481 e. The van der Waals surface area contributed by atoms with E-state index < -0.39 is 26.5 Å². The average molecular weight is 276 g/mol. The number of rotatable bonds is 5. The van der Waals surface area contributed by atoms with E-state index in [0.29, 0.717) is 0 Å². The molecule has 0 aliphatic heterocycles. The lowest BCUT2D eigenvalue weighted by Gasteiger charge is -2.21. The van der Waals surface area contributed by atoms with Gasteiger partial charge in [0.15, 0.2) is 15.7 Å². The molecular weight excluding hydrogens is 260 g/mol. The summed E-state index contributed by atoms with van der Waals surface area (Å²) in [6.07, 6.45) is 1.09. The van der Waals surface area contributed by atoms with Gasteiger partial charge in [-0.1, -0.05) is 6.92 Å². The van der Waals surface area contributed by atoms with Crippen LogP contribution in [0.4, 0.5) is 0 Å². The summed E-state index contributed by atoms with van der Waals surface area (Å²) in [5.41, 5.74) is 0. The predicted molar refractivity (Wildman–Crippen MR) is 62.5 cm³/mol. The standard InChI is InChI=1S/C9H16N4O4S/c1-6(7(14)15)5-13-8(10-11-12-13)9(2,3)18(4,16)17/h6H,5H2,1-4H3,(H,14,15). The number of aliphatic carboxylic acids is 1. The molecule has 1 unspecified atom stereocenters. The first-order valence-electron chi connectivity index (χ1n) is 5.26. The van der Waals surface area contributed by atoms with Crippen LogP contribution in [0.15, 0.2) is 0 Å². The molecule has 1 heterocycles. The van der Waals surface area contributed by atoms with E-state index in [0.717, 1.165) is 6.26 Å². The van der Waals surface area contributed by atoms with Gasteiger partial charge in [-0.05, 0) is 24.3 Å². The Kier molecular flexibility index (Phi) is 3.75. The molecule has 102 valence electrons. The van der Waals surface area contributed by atoms with Crippen molar-refractivity contribution >= 4 is 15.8 Å². The van der Waals surface area contributed by atoms with Crippen molar-refractivity contribution in [2.75, 3.05) is 6.26 Å². The number of carboxylic acid groups (broad SMARTS) is 1. The van der Waals surface area contributed by atoms with E-state index in [1.165, 1.54) is 25.5 Å². The van der Waals surface area contributed by atoms with Crippen LogP contribution < -0.4 is 0 Å². The number of sulfone groups is 1. The van der Waals surface area contributed by atoms with Gasteiger partial charge < -0.3 is 5.11 Å². The second kappa shape index (κ2) is 4.63. The fourth-order valence-electron chi connectivity index (χ4n) is 1.26. The lowest BCUT2D eigenvalue weighted by molar-refractivity contribution is -0.141. The molecule has 8 nitrogen and oxygen atoms in total. The van der Waals surface area contributed by atoms with Crippen molar-refractivity contribution in [3.63, 3.8) is 0 Å². The highest BCUT2D eigenvalue weighted by Crippen LogP contribution is 2.26. The molecule has 0 fully saturated rings. The summed E-state index contributed by atoms with van der Waals surface area (Å²) >= 11 is 0. The Morgan fingerprint density at radius 3 is 2.50 bits per heavy atom. The monoisotopic (exact) mass is 276 g/mol. The Morgan fingerprint density at radius 2 is 2.06 bits per heavy atom. The van der Waals surface area contributed by atoms with Crippen LogP contribution in [0.5, 0.6) is 0 Å². The third-order valence-electron chi connectivity index (χ3n) is 2.87. The highest BCUT2D eigenvalue weighted by molar-refractivity contribution is 7.91. The van der Waals surface area contributed by atoms with Gasteiger partial charge in [-0.15, -0.1) is 5.10 Å². The maximum Gasteiger partial charge on any atom is 0.308 e. The van der Waals surface area contributed by atoms with Gasteiger partial charge in [0.25, 0.3) is 0 Å². The van der Waals surface area contributed by atoms with E-state index in [1.54, 1.807) is 0 Å². The first kappa shape index (κ1) is 14.6. The summed E-state index contributed by atoms with van der Waals surface area (Å²) in [6.45, 7) is 4.49. The maximum atomic E-state index is 11.7. The van der Waals surface area contributed by atoms with Crippen LogP contribution in [-0.2, 0) is 25.9 Å². The van der Waals surface area contributed by atoms with Crippen LogP contribution >= 0.6 is 0 Å². The number of carboxylic acids is 1. The Balaban J connectivity index is 3.15. The van der Waals surface area contributed by atoms with Crippen molar-refractivity contribution in [1.29, 1.82) is 0 Å². The van der Waals surface area contributed by atoms with Crippen molar-refractivity contribution in [3.05, 3.63) is 5.82 Å². The van der Waals surface area contributed by atoms with Crippen LogP contribution in [0.3, 0.4) is 0 Å². The molecule has 1 aromatic heterocycles. The van der Waals surface area contributed by atoms with Crippen molar-refractivity contribution in [2.24, 2.45) is 5.92 Å². The molecule has 0 aliphatic carbocycles. The molecule has 1 atom stereocenters. The SMILES string of the molecule is CC(Cn1nnnc1C(C)(C)S(C)(=O)=O)C(=O)O. The molecule has 0 saturated carbocycles. The van der Waals surface area contributed by atoms with E-state index in [-0.39, 0.29) is 12.4 Å². The quantitative estimate of drug-likeness (QED) is 0.783. The minimum Gasteiger partial charge on any atom is -0.481 e. The molecule has 0 aliphatic rings. The molecule has 1 rings (SSSR count). The smallest absolute Gasteiger partial charge is 0.308 e. The minimum absolute atomic E-state index is 0.0244. The van der Waals surface area contributed by atoms with Crippen molar-refractivity contribution in [2.45, 2.75) is 32.1 Å². The van der Waals surface area contributed by atoms with Crippen molar-refractivity contribution < 1.29 is 18.3 Å². The number of hydrogen-bond acceptors (Lipinski definition) is 6. The molecule has 1 N–H and O–H groups in total. The lowest BCUT2D eigenvalue weighted by Crippen LogP contribution is -2.33. The van der Waals surface area contributed by atoms with Crippen LogP contribution in [-0.4, -0.2) is 46.0 Å². The zero-order valence-electron chi connectivity index (χ0n) is 10.7. The second-order valence-electron chi connectivity index (χ2n) is 4.71. The highest BCUT2D eigenvalue weighted by atomic mass is 32.2. The van der Waals surface area contributed by atoms with Gasteiger partial charge in [0.05, 0.1) is 12.5 Å². The fourth-order valence-corrected chi connectivity index (χ4v) is 1.74. The molecule has 0 bridgehead atoms. The number of hydrogen-bond donors (Lipinski definition) is 1.